The fourth-order valence-electron chi connectivity index (χ4n) is 1.32. The van der Waals surface area contributed by atoms with Gasteiger partial charge in [-0.3, -0.25) is 0 Å². The van der Waals surface area contributed by atoms with Crippen molar-refractivity contribution in [2.24, 2.45) is 5.73 Å². The van der Waals surface area contributed by atoms with Gasteiger partial charge >= 0.3 is 6.03 Å². The van der Waals surface area contributed by atoms with Crippen LogP contribution in [0.5, 0.6) is 0 Å². The van der Waals surface area contributed by atoms with Crippen molar-refractivity contribution in [2.75, 3.05) is 26.4 Å². The number of nitrogens with one attached hydrogen (secondary N) is 1. The molecule has 0 fully saturated rings. The largest absolute Gasteiger partial charge is 0.464 e. The molecule has 2 amide bonds. The van der Waals surface area contributed by atoms with Gasteiger partial charge in [-0.05, 0) is 26.2 Å². The zero-order valence-corrected chi connectivity index (χ0v) is 11.0. The number of nitrogens with zero attached hydrogens (tertiary/aromatic N) is 1. The number of amides is 2. The zero-order valence-electron chi connectivity index (χ0n) is 10.2. The van der Waals surface area contributed by atoms with Crippen molar-refractivity contribution in [3.8, 4) is 0 Å². The highest BCUT2D eigenvalue weighted by atomic mass is 32.2. The van der Waals surface area contributed by atoms with E-state index in [-0.39, 0.29) is 0 Å². The first-order valence-electron chi connectivity index (χ1n) is 5.41. The minimum absolute atomic E-state index is 0.475. The Labute approximate surface area is 106 Å². The van der Waals surface area contributed by atoms with Crippen molar-refractivity contribution < 1.29 is 9.21 Å². The average Bonchev–Trinajstić information content (AvgIpc) is 2.63. The average molecular weight is 257 g/mol. The monoisotopic (exact) mass is 257 g/mol. The molecular weight excluding hydrogens is 238 g/mol. The molecule has 6 heteroatoms. The Morgan fingerprint density at radius 2 is 2.18 bits per heavy atom. The number of furan rings is 1. The van der Waals surface area contributed by atoms with Gasteiger partial charge in [-0.15, -0.1) is 0 Å². The number of nitrogens with two attached hydrogens (primary N) is 1. The lowest BCUT2D eigenvalue weighted by atomic mass is 10.4. The molecule has 0 aromatic carbocycles. The third-order valence-electron chi connectivity index (χ3n) is 1.98. The minimum Gasteiger partial charge on any atom is -0.464 e. The van der Waals surface area contributed by atoms with Crippen LogP contribution in [0.1, 0.15) is 11.5 Å². The number of rotatable bonds is 7. The molecule has 0 spiro atoms. The smallest absolute Gasteiger partial charge is 0.312 e. The molecule has 0 atom stereocenters. The summed E-state index contributed by atoms with van der Waals surface area (Å²) < 4.78 is 5.65. The van der Waals surface area contributed by atoms with Crippen molar-refractivity contribution in [2.45, 2.75) is 12.3 Å². The lowest BCUT2D eigenvalue weighted by Gasteiger charge is -2.05. The van der Waals surface area contributed by atoms with Gasteiger partial charge in [0, 0.05) is 12.3 Å². The van der Waals surface area contributed by atoms with Crippen LogP contribution in [0, 0.1) is 0 Å². The zero-order chi connectivity index (χ0) is 12.7. The molecular formula is C11H19N3O2S. The Morgan fingerprint density at radius 1 is 1.47 bits per heavy atom. The Hall–Kier alpha value is -1.14. The van der Waals surface area contributed by atoms with Crippen LogP contribution < -0.4 is 11.1 Å². The van der Waals surface area contributed by atoms with Gasteiger partial charge in [0.15, 0.2) is 0 Å². The normalized spacial score (nSPS) is 10.8. The van der Waals surface area contributed by atoms with E-state index in [1.54, 1.807) is 11.8 Å². The first kappa shape index (κ1) is 13.9. The number of urea groups is 1. The van der Waals surface area contributed by atoms with Gasteiger partial charge in [-0.25, -0.2) is 4.79 Å². The number of primary amides is 1. The number of carbonyl (C=O) groups excluding carboxylic acids is 1. The molecule has 0 bridgehead atoms. The van der Waals surface area contributed by atoms with E-state index >= 15 is 0 Å². The summed E-state index contributed by atoms with van der Waals surface area (Å²) >= 11 is 1.70. The van der Waals surface area contributed by atoms with Crippen LogP contribution in [0.25, 0.3) is 0 Å². The topological polar surface area (TPSA) is 71.5 Å². The first-order valence-corrected chi connectivity index (χ1v) is 6.57. The van der Waals surface area contributed by atoms with Crippen molar-refractivity contribution in [1.29, 1.82) is 0 Å². The second-order valence-electron chi connectivity index (χ2n) is 3.95. The van der Waals surface area contributed by atoms with Crippen molar-refractivity contribution in [1.82, 2.24) is 10.2 Å². The van der Waals surface area contributed by atoms with E-state index in [2.05, 4.69) is 10.2 Å². The Kier molecular flexibility index (Phi) is 5.93. The molecule has 1 aromatic rings. The first-order chi connectivity index (χ1) is 8.08. The summed E-state index contributed by atoms with van der Waals surface area (Å²) in [5.74, 6) is 3.58. The highest BCUT2D eigenvalue weighted by Gasteiger charge is 2.03. The van der Waals surface area contributed by atoms with E-state index in [0.717, 1.165) is 29.6 Å². The summed E-state index contributed by atoms with van der Waals surface area (Å²) in [5.41, 5.74) is 4.95. The van der Waals surface area contributed by atoms with Crippen LogP contribution in [0.2, 0.25) is 0 Å². The van der Waals surface area contributed by atoms with E-state index in [4.69, 9.17) is 10.2 Å². The molecule has 96 valence electrons. The summed E-state index contributed by atoms with van der Waals surface area (Å²) in [6, 6.07) is 3.52. The lowest BCUT2D eigenvalue weighted by Crippen LogP contribution is -2.31. The maximum absolute atomic E-state index is 10.4. The Bertz CT molecular complexity index is 352. The van der Waals surface area contributed by atoms with Crippen LogP contribution in [0.4, 0.5) is 4.79 Å². The molecule has 0 aliphatic rings. The fraction of sp³-hybridized carbons (Fsp3) is 0.545. The van der Waals surface area contributed by atoms with E-state index in [0.29, 0.717) is 6.54 Å². The van der Waals surface area contributed by atoms with E-state index in [9.17, 15) is 4.79 Å². The van der Waals surface area contributed by atoms with Gasteiger partial charge in [0.2, 0.25) is 0 Å². The molecule has 0 aliphatic heterocycles. The molecule has 1 aromatic heterocycles. The molecule has 3 N–H and O–H groups in total. The minimum atomic E-state index is -0.475. The highest BCUT2D eigenvalue weighted by molar-refractivity contribution is 7.98. The summed E-state index contributed by atoms with van der Waals surface area (Å²) in [5, 5.41) is 2.54. The van der Waals surface area contributed by atoms with Gasteiger partial charge in [-0.2, -0.15) is 11.8 Å². The summed E-state index contributed by atoms with van der Waals surface area (Å²) in [6.07, 6.45) is 0. The third kappa shape index (κ3) is 6.23. The SMILES string of the molecule is CN(C)Cc1ccc(CSCCNC(N)=O)o1. The van der Waals surface area contributed by atoms with Crippen LogP contribution in [0.3, 0.4) is 0 Å². The predicted octanol–water partition coefficient (Wildman–Crippen LogP) is 1.24. The van der Waals surface area contributed by atoms with Gasteiger partial charge in [-0.1, -0.05) is 0 Å². The Balaban J connectivity index is 2.18. The maximum Gasteiger partial charge on any atom is 0.312 e. The fourth-order valence-corrected chi connectivity index (χ4v) is 2.06. The standard InChI is InChI=1S/C11H19N3O2S/c1-14(2)7-9-3-4-10(16-9)8-17-6-5-13-11(12)15/h3-4H,5-8H2,1-2H3,(H3,12,13,15). The number of thioether (sulfide) groups is 1. The van der Waals surface area contributed by atoms with Crippen LogP contribution in [-0.4, -0.2) is 37.3 Å². The lowest BCUT2D eigenvalue weighted by molar-refractivity contribution is 0.249. The predicted molar refractivity (Wildman–Crippen MR) is 69.8 cm³/mol. The highest BCUT2D eigenvalue weighted by Crippen LogP contribution is 2.15. The summed E-state index contributed by atoms with van der Waals surface area (Å²) in [6.45, 7) is 1.40. The van der Waals surface area contributed by atoms with Gasteiger partial charge in [0.05, 0.1) is 12.3 Å². The molecule has 17 heavy (non-hydrogen) atoms. The molecule has 0 radical (unpaired) electrons. The van der Waals surface area contributed by atoms with Crippen molar-refractivity contribution in [3.05, 3.63) is 23.7 Å². The molecule has 0 saturated heterocycles. The number of carbonyl (C=O) groups is 1. The van der Waals surface area contributed by atoms with E-state index in [1.165, 1.54) is 0 Å². The van der Waals surface area contributed by atoms with Crippen LogP contribution >= 0.6 is 11.8 Å². The van der Waals surface area contributed by atoms with E-state index < -0.39 is 6.03 Å². The van der Waals surface area contributed by atoms with Crippen LogP contribution in [0.15, 0.2) is 16.5 Å². The van der Waals surface area contributed by atoms with Gasteiger partial charge in [0.1, 0.15) is 11.5 Å². The quantitative estimate of drug-likeness (QED) is 0.721. The molecule has 1 rings (SSSR count). The van der Waals surface area contributed by atoms with Crippen LogP contribution in [-0.2, 0) is 12.3 Å². The summed E-state index contributed by atoms with van der Waals surface area (Å²) in [4.78, 5) is 12.5. The van der Waals surface area contributed by atoms with E-state index in [1.807, 2.05) is 26.2 Å². The molecule has 5 nitrogen and oxygen atoms in total. The molecule has 0 saturated carbocycles. The molecule has 0 aliphatic carbocycles. The summed E-state index contributed by atoms with van der Waals surface area (Å²) in [7, 11) is 4.01. The third-order valence-corrected chi connectivity index (χ3v) is 2.96. The number of hydrogen-bond donors (Lipinski definition) is 2. The number of hydrogen-bond acceptors (Lipinski definition) is 4. The molecule has 1 heterocycles. The van der Waals surface area contributed by atoms with Crippen molar-refractivity contribution >= 4 is 17.8 Å². The van der Waals surface area contributed by atoms with Gasteiger partial charge < -0.3 is 20.4 Å². The molecule has 0 unspecified atom stereocenters. The van der Waals surface area contributed by atoms with Gasteiger partial charge in [0.25, 0.3) is 0 Å². The second kappa shape index (κ2) is 7.24. The van der Waals surface area contributed by atoms with Crippen molar-refractivity contribution in [3.63, 3.8) is 0 Å². The maximum atomic E-state index is 10.4. The second-order valence-corrected chi connectivity index (χ2v) is 5.05. The Morgan fingerprint density at radius 3 is 2.82 bits per heavy atom.